The molecule has 0 bridgehead atoms. The summed E-state index contributed by atoms with van der Waals surface area (Å²) in [5.41, 5.74) is 0.857. The van der Waals surface area contributed by atoms with Gasteiger partial charge in [-0.3, -0.25) is 0 Å². The molecule has 0 unspecified atom stereocenters. The highest BCUT2D eigenvalue weighted by Gasteiger charge is 2.08. The first-order valence-electron chi connectivity index (χ1n) is 7.22. The number of guanidine groups is 1. The van der Waals surface area contributed by atoms with Crippen molar-refractivity contribution in [3.63, 3.8) is 0 Å². The van der Waals surface area contributed by atoms with Crippen LogP contribution in [0.5, 0.6) is 0 Å². The van der Waals surface area contributed by atoms with E-state index in [1.54, 1.807) is 12.1 Å². The molecule has 0 saturated heterocycles. The molecule has 8 heteroatoms. The predicted molar refractivity (Wildman–Crippen MR) is 103 cm³/mol. The maximum absolute atomic E-state index is 5.86. The molecule has 0 amide bonds. The van der Waals surface area contributed by atoms with Crippen molar-refractivity contribution >= 4 is 41.5 Å². The second kappa shape index (κ2) is 9.71. The highest BCUT2D eigenvalue weighted by molar-refractivity contribution is 14.0. The van der Waals surface area contributed by atoms with Gasteiger partial charge in [0.25, 0.3) is 0 Å². The first-order chi connectivity index (χ1) is 10.6. The van der Waals surface area contributed by atoms with Gasteiger partial charge in [-0.15, -0.1) is 24.0 Å². The number of nitrogens with one attached hydrogen (secondary N) is 2. The summed E-state index contributed by atoms with van der Waals surface area (Å²) in [7, 11) is 0. The lowest BCUT2D eigenvalue weighted by Gasteiger charge is -2.13. The summed E-state index contributed by atoms with van der Waals surface area (Å²) in [6.07, 6.45) is 0. The summed E-state index contributed by atoms with van der Waals surface area (Å²) in [5.74, 6) is 1.72. The quantitative estimate of drug-likeness (QED) is 0.415. The Hall–Kier alpha value is -1.35. The maximum atomic E-state index is 5.86. The highest BCUT2D eigenvalue weighted by atomic mass is 127. The zero-order chi connectivity index (χ0) is 15.9. The number of aromatic nitrogens is 2. The molecular formula is C15H21ClIN5O. The molecule has 6 nitrogen and oxygen atoms in total. The minimum atomic E-state index is 0. The average Bonchev–Trinajstić information content (AvgIpc) is 2.94. The summed E-state index contributed by atoms with van der Waals surface area (Å²) >= 11 is 5.86. The molecule has 1 heterocycles. The van der Waals surface area contributed by atoms with Crippen LogP contribution in [0, 0.1) is 0 Å². The molecule has 2 N–H and O–H groups in total. The van der Waals surface area contributed by atoms with Crippen molar-refractivity contribution in [2.24, 2.45) is 4.99 Å². The van der Waals surface area contributed by atoms with Gasteiger partial charge in [0.2, 0.25) is 11.7 Å². The molecule has 0 spiro atoms. The van der Waals surface area contributed by atoms with E-state index in [9.17, 15) is 0 Å². The molecule has 0 aliphatic rings. The van der Waals surface area contributed by atoms with Crippen molar-refractivity contribution in [1.29, 1.82) is 0 Å². The molecule has 0 saturated carbocycles. The first kappa shape index (κ1) is 19.7. The highest BCUT2D eigenvalue weighted by Crippen LogP contribution is 2.18. The van der Waals surface area contributed by atoms with E-state index in [0.717, 1.165) is 18.1 Å². The van der Waals surface area contributed by atoms with Crippen LogP contribution in [0.25, 0.3) is 11.4 Å². The van der Waals surface area contributed by atoms with E-state index >= 15 is 0 Å². The number of aliphatic imine (C=N–C) groups is 1. The van der Waals surface area contributed by atoms with Crippen LogP contribution >= 0.6 is 35.6 Å². The Morgan fingerprint density at radius 2 is 2.00 bits per heavy atom. The molecule has 0 radical (unpaired) electrons. The van der Waals surface area contributed by atoms with E-state index in [1.165, 1.54) is 0 Å². The lowest BCUT2D eigenvalue weighted by Crippen LogP contribution is -2.41. The van der Waals surface area contributed by atoms with Crippen molar-refractivity contribution in [2.45, 2.75) is 33.4 Å². The zero-order valence-electron chi connectivity index (χ0n) is 13.3. The molecule has 2 aromatic rings. The van der Waals surface area contributed by atoms with Crippen molar-refractivity contribution in [3.05, 3.63) is 35.2 Å². The largest absolute Gasteiger partial charge is 0.357 e. The van der Waals surface area contributed by atoms with Crippen LogP contribution in [0.2, 0.25) is 5.02 Å². The van der Waals surface area contributed by atoms with Gasteiger partial charge in [-0.2, -0.15) is 4.98 Å². The monoisotopic (exact) mass is 449 g/mol. The summed E-state index contributed by atoms with van der Waals surface area (Å²) in [4.78, 5) is 8.76. The molecule has 0 aliphatic carbocycles. The molecule has 0 fully saturated rings. The van der Waals surface area contributed by atoms with Crippen molar-refractivity contribution in [1.82, 2.24) is 20.8 Å². The van der Waals surface area contributed by atoms with Crippen LogP contribution in [0.1, 0.15) is 26.7 Å². The second-order valence-electron chi connectivity index (χ2n) is 5.01. The Labute approximate surface area is 158 Å². The number of hydrogen-bond donors (Lipinski definition) is 2. The van der Waals surface area contributed by atoms with Crippen LogP contribution in [-0.2, 0) is 6.54 Å². The number of rotatable bonds is 5. The van der Waals surface area contributed by atoms with Gasteiger partial charge < -0.3 is 15.2 Å². The smallest absolute Gasteiger partial charge is 0.248 e. The van der Waals surface area contributed by atoms with E-state index in [2.05, 4.69) is 39.6 Å². The van der Waals surface area contributed by atoms with Crippen LogP contribution in [0.4, 0.5) is 0 Å². The van der Waals surface area contributed by atoms with Gasteiger partial charge in [-0.25, -0.2) is 4.99 Å². The number of halogens is 2. The van der Waals surface area contributed by atoms with Gasteiger partial charge in [0.1, 0.15) is 6.54 Å². The third-order valence-corrected chi connectivity index (χ3v) is 2.96. The summed E-state index contributed by atoms with van der Waals surface area (Å²) in [6, 6.07) is 7.59. The Kier molecular flexibility index (Phi) is 8.32. The van der Waals surface area contributed by atoms with E-state index in [4.69, 9.17) is 16.1 Å². The molecule has 23 heavy (non-hydrogen) atoms. The summed E-state index contributed by atoms with van der Waals surface area (Å²) < 4.78 is 5.23. The van der Waals surface area contributed by atoms with Gasteiger partial charge in [0, 0.05) is 23.2 Å². The van der Waals surface area contributed by atoms with Gasteiger partial charge in [-0.05, 0) is 45.0 Å². The summed E-state index contributed by atoms with van der Waals surface area (Å²) in [6.45, 7) is 7.24. The van der Waals surface area contributed by atoms with E-state index < -0.39 is 0 Å². The topological polar surface area (TPSA) is 75.3 Å². The van der Waals surface area contributed by atoms with Crippen molar-refractivity contribution < 1.29 is 4.52 Å². The molecule has 0 atom stereocenters. The molecule has 0 aliphatic heterocycles. The van der Waals surface area contributed by atoms with Crippen LogP contribution < -0.4 is 10.6 Å². The van der Waals surface area contributed by atoms with Crippen molar-refractivity contribution in [2.75, 3.05) is 6.54 Å². The van der Waals surface area contributed by atoms with E-state index in [-0.39, 0.29) is 24.0 Å². The van der Waals surface area contributed by atoms with Crippen molar-refractivity contribution in [3.8, 4) is 11.4 Å². The second-order valence-corrected chi connectivity index (χ2v) is 5.45. The van der Waals surface area contributed by atoms with Gasteiger partial charge in [-0.1, -0.05) is 16.8 Å². The fraction of sp³-hybridized carbons (Fsp3) is 0.400. The fourth-order valence-corrected chi connectivity index (χ4v) is 1.90. The van der Waals surface area contributed by atoms with Gasteiger partial charge >= 0.3 is 0 Å². The standard InChI is InChI=1S/C15H20ClN5O.HI/c1-4-17-15(19-10(2)3)18-9-13-20-14(21-22-13)11-5-7-12(16)8-6-11;/h5-8,10H,4,9H2,1-3H3,(H2,17,18,19);1H. The Balaban J connectivity index is 0.00000264. The predicted octanol–water partition coefficient (Wildman–Crippen LogP) is 3.47. The molecule has 1 aromatic carbocycles. The van der Waals surface area contributed by atoms with Crippen LogP contribution in [0.3, 0.4) is 0 Å². The molecule has 1 aromatic heterocycles. The van der Waals surface area contributed by atoms with Gasteiger partial charge in [0.15, 0.2) is 5.96 Å². The number of hydrogen-bond acceptors (Lipinski definition) is 4. The normalized spacial score (nSPS) is 11.3. The fourth-order valence-electron chi connectivity index (χ4n) is 1.78. The maximum Gasteiger partial charge on any atom is 0.248 e. The lowest BCUT2D eigenvalue weighted by atomic mass is 10.2. The molecule has 2 rings (SSSR count). The number of benzene rings is 1. The zero-order valence-corrected chi connectivity index (χ0v) is 16.4. The van der Waals surface area contributed by atoms with Gasteiger partial charge in [0.05, 0.1) is 0 Å². The molecular weight excluding hydrogens is 429 g/mol. The minimum absolute atomic E-state index is 0. The molecule has 126 valence electrons. The Bertz CT molecular complexity index is 627. The van der Waals surface area contributed by atoms with Crippen LogP contribution in [-0.4, -0.2) is 28.7 Å². The SMILES string of the molecule is CCNC(=NCc1nc(-c2ccc(Cl)cc2)no1)NC(C)C.I. The lowest BCUT2D eigenvalue weighted by molar-refractivity contribution is 0.380. The van der Waals surface area contributed by atoms with Crippen LogP contribution in [0.15, 0.2) is 33.8 Å². The third kappa shape index (κ3) is 6.34. The first-order valence-corrected chi connectivity index (χ1v) is 7.59. The number of nitrogens with zero attached hydrogens (tertiary/aromatic N) is 3. The summed E-state index contributed by atoms with van der Waals surface area (Å²) in [5, 5.41) is 11.0. The van der Waals surface area contributed by atoms with E-state index in [0.29, 0.717) is 29.3 Å². The third-order valence-electron chi connectivity index (χ3n) is 2.71. The Morgan fingerprint density at radius 3 is 2.61 bits per heavy atom. The van der Waals surface area contributed by atoms with E-state index in [1.807, 2.05) is 19.1 Å². The Morgan fingerprint density at radius 1 is 1.30 bits per heavy atom. The average molecular weight is 450 g/mol. The minimum Gasteiger partial charge on any atom is -0.357 e.